The van der Waals surface area contributed by atoms with Gasteiger partial charge >= 0.3 is 6.18 Å². The molecule has 0 amide bonds. The molecule has 0 unspecified atom stereocenters. The van der Waals surface area contributed by atoms with E-state index in [4.69, 9.17) is 4.74 Å². The molecule has 0 aliphatic carbocycles. The lowest BCUT2D eigenvalue weighted by molar-refractivity contribution is -0.342. The smallest absolute Gasteiger partial charge is 0.416 e. The van der Waals surface area contributed by atoms with Gasteiger partial charge in [0.1, 0.15) is 5.75 Å². The summed E-state index contributed by atoms with van der Waals surface area (Å²) < 4.78 is 44.7. The first-order valence-corrected chi connectivity index (χ1v) is 9.72. The molecule has 2 N–H and O–H groups in total. The van der Waals surface area contributed by atoms with E-state index in [1.54, 1.807) is 7.11 Å². The minimum atomic E-state index is -4.38. The summed E-state index contributed by atoms with van der Waals surface area (Å²) in [5.74, 6) is 0.726. The summed E-state index contributed by atoms with van der Waals surface area (Å²) >= 11 is 0. The summed E-state index contributed by atoms with van der Waals surface area (Å²) in [4.78, 5) is 6.54. The lowest BCUT2D eigenvalue weighted by Crippen LogP contribution is -2.58. The van der Waals surface area contributed by atoms with Gasteiger partial charge in [-0.25, -0.2) is 4.99 Å². The highest BCUT2D eigenvalue weighted by Crippen LogP contribution is 2.39. The van der Waals surface area contributed by atoms with E-state index in [1.807, 2.05) is 54.9 Å². The number of ether oxygens (including phenoxy) is 1. The summed E-state index contributed by atoms with van der Waals surface area (Å²) in [5, 5.41) is 0.959. The average Bonchev–Trinajstić information content (AvgIpc) is 3.38. The van der Waals surface area contributed by atoms with Crippen molar-refractivity contribution in [3.63, 3.8) is 0 Å². The lowest BCUT2D eigenvalue weighted by Gasteiger charge is -2.12. The van der Waals surface area contributed by atoms with Crippen molar-refractivity contribution in [2.45, 2.75) is 6.18 Å². The number of aromatic nitrogens is 1. The third kappa shape index (κ3) is 3.30. The average molecular weight is 419 g/mol. The molecule has 0 bridgehead atoms. The number of alkyl halides is 3. The molecule has 154 valence electrons. The number of benzene rings is 3. The first-order valence-electron chi connectivity index (χ1n) is 9.72. The van der Waals surface area contributed by atoms with Crippen LogP contribution in [0.5, 0.6) is 5.75 Å². The van der Waals surface area contributed by atoms with E-state index in [0.717, 1.165) is 56.7 Å². The maximum Gasteiger partial charge on any atom is 0.416 e. The number of allylic oxidation sites excluding steroid dienone is 1. The Morgan fingerprint density at radius 1 is 0.968 bits per heavy atom. The quantitative estimate of drug-likeness (QED) is 0.485. The molecule has 6 heteroatoms. The van der Waals surface area contributed by atoms with Crippen molar-refractivity contribution in [2.75, 3.05) is 7.11 Å². The third-order valence-corrected chi connectivity index (χ3v) is 5.52. The predicted molar refractivity (Wildman–Crippen MR) is 115 cm³/mol. The Labute approximate surface area is 176 Å². The minimum absolute atomic E-state index is 0.668. The zero-order valence-corrected chi connectivity index (χ0v) is 16.5. The van der Waals surface area contributed by atoms with Crippen LogP contribution in [0.25, 0.3) is 22.0 Å². The number of hydrogen-bond acceptors (Lipinski definition) is 1. The molecule has 0 atom stereocenters. The Kier molecular flexibility index (Phi) is 4.43. The highest BCUT2D eigenvalue weighted by molar-refractivity contribution is 6.24. The van der Waals surface area contributed by atoms with Crippen LogP contribution in [0.3, 0.4) is 0 Å². The fourth-order valence-electron chi connectivity index (χ4n) is 4.00. The van der Waals surface area contributed by atoms with Gasteiger partial charge in [-0.3, -0.25) is 0 Å². The van der Waals surface area contributed by atoms with Gasteiger partial charge < -0.3 is 9.72 Å². The summed E-state index contributed by atoms with van der Waals surface area (Å²) in [6.45, 7) is 0. The Balaban J connectivity index is 1.76. The van der Waals surface area contributed by atoms with Crippen molar-refractivity contribution in [1.29, 1.82) is 0 Å². The molecule has 1 aliphatic rings. The van der Waals surface area contributed by atoms with E-state index in [9.17, 15) is 13.2 Å². The van der Waals surface area contributed by atoms with Crippen molar-refractivity contribution in [2.24, 2.45) is 0 Å². The number of para-hydroxylation sites is 1. The van der Waals surface area contributed by atoms with E-state index in [1.165, 1.54) is 12.1 Å². The zero-order chi connectivity index (χ0) is 21.6. The standard InChI is InChI=1S/C25H17F3N2O/c1-31-17-10-11-19-21(14-30-23(19)12-17)24(15-6-8-16(9-7-15)25(26,27)28)20-13-29-22-5-3-2-4-18(20)22/h2-14,30H,1H3/p+1. The van der Waals surface area contributed by atoms with Gasteiger partial charge in [0.2, 0.25) is 5.69 Å². The van der Waals surface area contributed by atoms with Crippen molar-refractivity contribution in [3.05, 3.63) is 95.2 Å². The maximum absolute atomic E-state index is 13.1. The summed E-state index contributed by atoms with van der Waals surface area (Å²) in [7, 11) is 1.61. The second-order valence-corrected chi connectivity index (χ2v) is 7.31. The Hall–Kier alpha value is -3.80. The van der Waals surface area contributed by atoms with E-state index >= 15 is 0 Å². The fourth-order valence-corrected chi connectivity index (χ4v) is 4.00. The molecule has 0 spiro atoms. The molecule has 3 nitrogen and oxygen atoms in total. The topological polar surface area (TPSA) is 39.0 Å². The highest BCUT2D eigenvalue weighted by Gasteiger charge is 2.31. The van der Waals surface area contributed by atoms with Crippen LogP contribution in [-0.4, -0.2) is 18.3 Å². The molecule has 4 aromatic rings. The molecule has 0 saturated heterocycles. The molecule has 0 fully saturated rings. The van der Waals surface area contributed by atoms with Gasteiger partial charge in [-0.1, -0.05) is 24.3 Å². The molecule has 2 heterocycles. The normalized spacial score (nSPS) is 14.7. The van der Waals surface area contributed by atoms with Gasteiger partial charge in [0.05, 0.1) is 23.8 Å². The Morgan fingerprint density at radius 2 is 1.74 bits per heavy atom. The molecule has 3 aromatic carbocycles. The number of halogens is 3. The third-order valence-electron chi connectivity index (χ3n) is 5.52. The van der Waals surface area contributed by atoms with Crippen LogP contribution in [0.2, 0.25) is 0 Å². The van der Waals surface area contributed by atoms with Gasteiger partial charge in [0, 0.05) is 40.4 Å². The number of fused-ring (bicyclic) bond motifs is 2. The van der Waals surface area contributed by atoms with E-state index in [2.05, 4.69) is 9.98 Å². The molecule has 1 aliphatic heterocycles. The number of H-pyrrole nitrogens is 1. The van der Waals surface area contributed by atoms with Gasteiger partial charge in [-0.2, -0.15) is 13.2 Å². The van der Waals surface area contributed by atoms with Crippen LogP contribution >= 0.6 is 0 Å². The number of hydrogen-bond donors (Lipinski definition) is 2. The monoisotopic (exact) mass is 419 g/mol. The van der Waals surface area contributed by atoms with Crippen molar-refractivity contribution in [3.8, 4) is 5.75 Å². The lowest BCUT2D eigenvalue weighted by atomic mass is 9.89. The van der Waals surface area contributed by atoms with Crippen molar-refractivity contribution >= 4 is 34.0 Å². The second-order valence-electron chi connectivity index (χ2n) is 7.31. The number of methoxy groups -OCH3 is 1. The van der Waals surface area contributed by atoms with E-state index in [0.29, 0.717) is 5.56 Å². The Bertz CT molecular complexity index is 1350. The maximum atomic E-state index is 13.1. The fraction of sp³-hybridized carbons (Fsp3) is 0.0800. The van der Waals surface area contributed by atoms with Crippen molar-refractivity contribution in [1.82, 2.24) is 4.98 Å². The predicted octanol–water partition coefficient (Wildman–Crippen LogP) is 4.95. The number of rotatable bonds is 3. The van der Waals surface area contributed by atoms with E-state index < -0.39 is 11.7 Å². The van der Waals surface area contributed by atoms with Gasteiger partial charge in [-0.05, 0) is 35.9 Å². The number of nitrogens with one attached hydrogen (secondary N) is 2. The van der Waals surface area contributed by atoms with Gasteiger partial charge in [0.15, 0.2) is 6.21 Å². The molecule has 5 rings (SSSR count). The minimum Gasteiger partial charge on any atom is -0.497 e. The first-order chi connectivity index (χ1) is 15.0. The van der Waals surface area contributed by atoms with Crippen LogP contribution in [0.4, 0.5) is 18.9 Å². The van der Waals surface area contributed by atoms with Gasteiger partial charge in [-0.15, -0.1) is 0 Å². The molecule has 0 radical (unpaired) electrons. The SMILES string of the molecule is COc1ccc2c(C(=C3C=[NH+]c4ccccc43)c3ccc(C(F)(F)F)cc3)c[nH]c2c1. The molecular weight excluding hydrogens is 401 g/mol. The van der Waals surface area contributed by atoms with Crippen molar-refractivity contribution < 1.29 is 22.9 Å². The Morgan fingerprint density at radius 3 is 2.48 bits per heavy atom. The second kappa shape index (κ2) is 7.16. The van der Waals surface area contributed by atoms with Crippen LogP contribution in [0, 0.1) is 0 Å². The molecule has 31 heavy (non-hydrogen) atoms. The van der Waals surface area contributed by atoms with E-state index in [-0.39, 0.29) is 0 Å². The largest absolute Gasteiger partial charge is 0.497 e. The van der Waals surface area contributed by atoms with Crippen LogP contribution in [0.1, 0.15) is 22.3 Å². The highest BCUT2D eigenvalue weighted by atomic mass is 19.4. The zero-order valence-electron chi connectivity index (χ0n) is 16.5. The summed E-state index contributed by atoms with van der Waals surface area (Å²) in [6.07, 6.45) is -0.588. The molecule has 1 aromatic heterocycles. The molecule has 0 saturated carbocycles. The van der Waals surface area contributed by atoms with Crippen LogP contribution < -0.4 is 9.73 Å². The molecular formula is C25H18F3N2O+. The summed E-state index contributed by atoms with van der Waals surface area (Å²) in [6, 6.07) is 18.9. The first kappa shape index (κ1) is 19.2. The van der Waals surface area contributed by atoms with Crippen LogP contribution in [-0.2, 0) is 6.18 Å². The number of aromatic amines is 1. The van der Waals surface area contributed by atoms with Crippen LogP contribution in [0.15, 0.2) is 72.9 Å². The van der Waals surface area contributed by atoms with Gasteiger partial charge in [0.25, 0.3) is 0 Å². The summed E-state index contributed by atoms with van der Waals surface area (Å²) in [5.41, 5.74) is 5.56.